The summed E-state index contributed by atoms with van der Waals surface area (Å²) in [5.74, 6) is -0.607. The van der Waals surface area contributed by atoms with Gasteiger partial charge in [0.1, 0.15) is 6.61 Å². The smallest absolute Gasteiger partial charge is 0.306 e. The zero-order valence-corrected chi connectivity index (χ0v) is 34.6. The van der Waals surface area contributed by atoms with E-state index in [0.717, 1.165) is 64.2 Å². The molecular weight excluding hydrogens is 645 g/mol. The quantitative estimate of drug-likeness (QED) is 0.0385. The predicted molar refractivity (Wildman–Crippen MR) is 224 cm³/mol. The molecule has 0 radical (unpaired) electrons. The van der Waals surface area contributed by atoms with Gasteiger partial charge in [0.15, 0.2) is 6.10 Å². The molecule has 5 heteroatoms. The normalized spacial score (nSPS) is 12.4. The van der Waals surface area contributed by atoms with Crippen LogP contribution in [-0.2, 0) is 19.1 Å². The molecule has 0 fully saturated rings. The number of hydrogen-bond acceptors (Lipinski definition) is 5. The Labute approximate surface area is 323 Å². The van der Waals surface area contributed by atoms with Crippen molar-refractivity contribution in [3.05, 3.63) is 36.5 Å². The van der Waals surface area contributed by atoms with E-state index in [4.69, 9.17) is 9.47 Å². The van der Waals surface area contributed by atoms with Crippen LogP contribution in [0.25, 0.3) is 0 Å². The SMILES string of the molecule is CCCCC/C=C\C/C=C\C/C=C\CCCCCCC(=O)OC[C@H](CO)OC(=O)CCCCCCCCCCCCCCCCCCCCCCC. The van der Waals surface area contributed by atoms with E-state index in [1.165, 1.54) is 141 Å². The lowest BCUT2D eigenvalue weighted by Crippen LogP contribution is -2.28. The van der Waals surface area contributed by atoms with Gasteiger partial charge in [0, 0.05) is 12.8 Å². The highest BCUT2D eigenvalue weighted by Gasteiger charge is 2.16. The summed E-state index contributed by atoms with van der Waals surface area (Å²) in [5.41, 5.74) is 0. The monoisotopic (exact) mass is 731 g/mol. The summed E-state index contributed by atoms with van der Waals surface area (Å²) < 4.78 is 10.6. The minimum Gasteiger partial charge on any atom is -0.462 e. The van der Waals surface area contributed by atoms with Crippen LogP contribution in [0.5, 0.6) is 0 Å². The third-order valence-corrected chi connectivity index (χ3v) is 9.94. The number of aliphatic hydroxyl groups excluding tert-OH is 1. The first-order chi connectivity index (χ1) is 25.6. The molecule has 0 aromatic heterocycles. The maximum Gasteiger partial charge on any atom is 0.306 e. The molecule has 304 valence electrons. The van der Waals surface area contributed by atoms with E-state index in [1.54, 1.807) is 0 Å². The molecule has 0 bridgehead atoms. The number of ether oxygens (including phenoxy) is 2. The number of allylic oxidation sites excluding steroid dienone is 6. The van der Waals surface area contributed by atoms with Gasteiger partial charge in [-0.15, -0.1) is 0 Å². The Bertz CT molecular complexity index is 832. The largest absolute Gasteiger partial charge is 0.462 e. The van der Waals surface area contributed by atoms with Crippen molar-refractivity contribution in [3.8, 4) is 0 Å². The minimum atomic E-state index is -0.778. The van der Waals surface area contributed by atoms with Crippen LogP contribution in [0, 0.1) is 0 Å². The van der Waals surface area contributed by atoms with Crippen molar-refractivity contribution >= 4 is 11.9 Å². The van der Waals surface area contributed by atoms with Gasteiger partial charge >= 0.3 is 11.9 Å². The Morgan fingerprint density at radius 3 is 1.19 bits per heavy atom. The fraction of sp³-hybridized carbons (Fsp3) is 0.830. The molecular formula is C47H86O5. The second kappa shape index (κ2) is 43.5. The second-order valence-corrected chi connectivity index (χ2v) is 15.1. The lowest BCUT2D eigenvalue weighted by molar-refractivity contribution is -0.161. The molecule has 5 nitrogen and oxygen atoms in total. The van der Waals surface area contributed by atoms with E-state index in [9.17, 15) is 14.7 Å². The summed E-state index contributed by atoms with van der Waals surface area (Å²) in [5, 5.41) is 9.59. The van der Waals surface area contributed by atoms with E-state index in [2.05, 4.69) is 50.3 Å². The number of carbonyl (C=O) groups excluding carboxylic acids is 2. The molecule has 0 aliphatic heterocycles. The lowest BCUT2D eigenvalue weighted by Gasteiger charge is -2.15. The molecule has 0 spiro atoms. The molecule has 0 heterocycles. The highest BCUT2D eigenvalue weighted by atomic mass is 16.6. The van der Waals surface area contributed by atoms with Gasteiger partial charge in [-0.05, 0) is 51.4 Å². The Kier molecular flexibility index (Phi) is 42.0. The van der Waals surface area contributed by atoms with Crippen molar-refractivity contribution < 1.29 is 24.2 Å². The number of aliphatic hydroxyl groups is 1. The minimum absolute atomic E-state index is 0.0745. The van der Waals surface area contributed by atoms with Crippen LogP contribution in [0.1, 0.15) is 232 Å². The lowest BCUT2D eigenvalue weighted by atomic mass is 10.0. The molecule has 0 aliphatic carbocycles. The Morgan fingerprint density at radius 2 is 0.769 bits per heavy atom. The third kappa shape index (κ3) is 40.9. The number of carbonyl (C=O) groups is 2. The molecule has 0 aromatic rings. The van der Waals surface area contributed by atoms with Crippen molar-refractivity contribution in [1.82, 2.24) is 0 Å². The highest BCUT2D eigenvalue weighted by molar-refractivity contribution is 5.70. The fourth-order valence-corrected chi connectivity index (χ4v) is 6.50. The Morgan fingerprint density at radius 1 is 0.442 bits per heavy atom. The first kappa shape index (κ1) is 50.1. The molecule has 0 unspecified atom stereocenters. The molecule has 0 aromatic carbocycles. The van der Waals surface area contributed by atoms with Crippen LogP contribution in [0.4, 0.5) is 0 Å². The maximum absolute atomic E-state index is 12.2. The zero-order chi connectivity index (χ0) is 37.8. The van der Waals surface area contributed by atoms with E-state index >= 15 is 0 Å². The van der Waals surface area contributed by atoms with Gasteiger partial charge in [0.05, 0.1) is 6.61 Å². The topological polar surface area (TPSA) is 72.8 Å². The van der Waals surface area contributed by atoms with Crippen LogP contribution in [-0.4, -0.2) is 36.4 Å². The molecule has 1 atom stereocenters. The molecule has 0 amide bonds. The number of unbranched alkanes of at least 4 members (excludes halogenated alkanes) is 27. The number of esters is 2. The summed E-state index contributed by atoms with van der Waals surface area (Å²) in [7, 11) is 0. The van der Waals surface area contributed by atoms with Crippen LogP contribution < -0.4 is 0 Å². The molecule has 0 saturated carbocycles. The maximum atomic E-state index is 12.2. The van der Waals surface area contributed by atoms with Crippen molar-refractivity contribution in [2.75, 3.05) is 13.2 Å². The molecule has 0 rings (SSSR count). The van der Waals surface area contributed by atoms with Gasteiger partial charge in [-0.2, -0.15) is 0 Å². The third-order valence-electron chi connectivity index (χ3n) is 9.94. The van der Waals surface area contributed by atoms with Crippen molar-refractivity contribution in [2.24, 2.45) is 0 Å². The van der Waals surface area contributed by atoms with Crippen LogP contribution in [0.3, 0.4) is 0 Å². The molecule has 52 heavy (non-hydrogen) atoms. The van der Waals surface area contributed by atoms with Crippen molar-refractivity contribution in [2.45, 2.75) is 238 Å². The molecule has 0 aliphatic rings. The van der Waals surface area contributed by atoms with E-state index in [0.29, 0.717) is 12.8 Å². The fourth-order valence-electron chi connectivity index (χ4n) is 6.50. The van der Waals surface area contributed by atoms with Gasteiger partial charge in [0.25, 0.3) is 0 Å². The summed E-state index contributed by atoms with van der Waals surface area (Å²) in [6.07, 6.45) is 53.6. The van der Waals surface area contributed by atoms with Gasteiger partial charge < -0.3 is 14.6 Å². The van der Waals surface area contributed by atoms with Gasteiger partial charge in [-0.1, -0.05) is 204 Å². The number of rotatable bonds is 41. The predicted octanol–water partition coefficient (Wildman–Crippen LogP) is 14.4. The summed E-state index contributed by atoms with van der Waals surface area (Å²) in [6, 6.07) is 0. The van der Waals surface area contributed by atoms with E-state index in [-0.39, 0.29) is 25.2 Å². The van der Waals surface area contributed by atoms with Crippen LogP contribution >= 0.6 is 0 Å². The van der Waals surface area contributed by atoms with Crippen LogP contribution in [0.2, 0.25) is 0 Å². The van der Waals surface area contributed by atoms with E-state index < -0.39 is 6.10 Å². The van der Waals surface area contributed by atoms with Crippen molar-refractivity contribution in [3.63, 3.8) is 0 Å². The van der Waals surface area contributed by atoms with Gasteiger partial charge in [-0.25, -0.2) is 0 Å². The average molecular weight is 731 g/mol. The second-order valence-electron chi connectivity index (χ2n) is 15.1. The molecule has 0 saturated heterocycles. The van der Waals surface area contributed by atoms with Crippen LogP contribution in [0.15, 0.2) is 36.5 Å². The Balaban J connectivity index is 3.53. The summed E-state index contributed by atoms with van der Waals surface area (Å²) >= 11 is 0. The standard InChI is InChI=1S/C47H86O5/c1-3-5-7-9-11-13-15-17-19-21-22-23-24-26-28-30-32-34-36-38-40-42-47(50)52-45(43-48)44-51-46(49)41-39-37-35-33-31-29-27-25-20-18-16-14-12-10-8-6-4-2/h12,14,18,20,27,29,45,48H,3-11,13,15-17,19,21-26,28,30-44H2,1-2H3/b14-12-,20-18-,29-27-/t45-/m0/s1. The van der Waals surface area contributed by atoms with Crippen molar-refractivity contribution in [1.29, 1.82) is 0 Å². The zero-order valence-electron chi connectivity index (χ0n) is 34.6. The summed E-state index contributed by atoms with van der Waals surface area (Å²) in [4.78, 5) is 24.3. The number of hydrogen-bond donors (Lipinski definition) is 1. The molecule has 1 N–H and O–H groups in total. The first-order valence-corrected chi connectivity index (χ1v) is 22.5. The highest BCUT2D eigenvalue weighted by Crippen LogP contribution is 2.16. The first-order valence-electron chi connectivity index (χ1n) is 22.5. The van der Waals surface area contributed by atoms with E-state index in [1.807, 2.05) is 0 Å². The Hall–Kier alpha value is -1.88. The average Bonchev–Trinajstić information content (AvgIpc) is 3.15. The van der Waals surface area contributed by atoms with Gasteiger partial charge in [-0.3, -0.25) is 9.59 Å². The van der Waals surface area contributed by atoms with Gasteiger partial charge in [0.2, 0.25) is 0 Å². The summed E-state index contributed by atoms with van der Waals surface area (Å²) in [6.45, 7) is 4.11.